The molecule has 2 saturated carbocycles. The molecule has 1 amide bonds. The van der Waals surface area contributed by atoms with Crippen molar-refractivity contribution in [2.75, 3.05) is 0 Å². The lowest BCUT2D eigenvalue weighted by atomic mass is 9.71. The van der Waals surface area contributed by atoms with E-state index in [2.05, 4.69) is 10.5 Å². The van der Waals surface area contributed by atoms with Crippen LogP contribution in [0.15, 0.2) is 29.4 Å². The van der Waals surface area contributed by atoms with Crippen LogP contribution < -0.4 is 5.43 Å². The highest BCUT2D eigenvalue weighted by Gasteiger charge is 2.32. The van der Waals surface area contributed by atoms with Gasteiger partial charge in [-0.05, 0) is 49.7 Å². The number of hydrazone groups is 1. The molecule has 0 bridgehead atoms. The van der Waals surface area contributed by atoms with E-state index in [-0.39, 0.29) is 5.91 Å². The number of nitrogens with one attached hydrogen (secondary N) is 1. The number of carbonyl (C=O) groups excluding carboxylic acids is 1. The Kier molecular flexibility index (Phi) is 4.06. The number of nitrogens with zero attached hydrogens (tertiary/aromatic N) is 1. The number of benzene rings is 1. The van der Waals surface area contributed by atoms with Crippen LogP contribution in [0.3, 0.4) is 0 Å². The van der Waals surface area contributed by atoms with Crippen molar-refractivity contribution < 1.29 is 4.79 Å². The molecule has 2 aliphatic carbocycles. The molecule has 1 aromatic carbocycles. The first-order chi connectivity index (χ1) is 9.75. The summed E-state index contributed by atoms with van der Waals surface area (Å²) < 4.78 is 0. The number of hydrogen-bond acceptors (Lipinski definition) is 2. The zero-order valence-corrected chi connectivity index (χ0v) is 12.2. The Labute approximate surface area is 124 Å². The third-order valence-corrected chi connectivity index (χ3v) is 4.78. The first-order valence-corrected chi connectivity index (χ1v) is 7.76. The molecule has 0 heterocycles. The second kappa shape index (κ2) is 5.96. The fourth-order valence-electron chi connectivity index (χ4n) is 2.74. The number of rotatable bonds is 4. The van der Waals surface area contributed by atoms with E-state index >= 15 is 0 Å². The van der Waals surface area contributed by atoms with E-state index in [9.17, 15) is 4.79 Å². The average molecular weight is 291 g/mol. The second-order valence-corrected chi connectivity index (χ2v) is 6.12. The number of amides is 1. The van der Waals surface area contributed by atoms with Crippen LogP contribution in [0, 0.1) is 11.8 Å². The zero-order chi connectivity index (χ0) is 13.9. The Morgan fingerprint density at radius 1 is 1.10 bits per heavy atom. The molecule has 2 fully saturated rings. The minimum absolute atomic E-state index is 0.216. The Hall–Kier alpha value is -1.35. The molecule has 3 nitrogen and oxygen atoms in total. The van der Waals surface area contributed by atoms with Crippen LogP contribution in [-0.4, -0.2) is 11.6 Å². The summed E-state index contributed by atoms with van der Waals surface area (Å²) >= 11 is 6.03. The Balaban J connectivity index is 1.70. The lowest BCUT2D eigenvalue weighted by molar-refractivity contribution is 0.0954. The van der Waals surface area contributed by atoms with Gasteiger partial charge in [0.05, 0.1) is 10.6 Å². The Morgan fingerprint density at radius 2 is 1.70 bits per heavy atom. The second-order valence-electron chi connectivity index (χ2n) is 5.71. The van der Waals surface area contributed by atoms with Crippen LogP contribution in [0.1, 0.15) is 48.9 Å². The lowest BCUT2D eigenvalue weighted by Crippen LogP contribution is -2.35. The van der Waals surface area contributed by atoms with E-state index in [1.165, 1.54) is 44.2 Å². The van der Waals surface area contributed by atoms with E-state index in [4.69, 9.17) is 11.6 Å². The molecule has 0 aliphatic heterocycles. The molecule has 3 rings (SSSR count). The van der Waals surface area contributed by atoms with Crippen molar-refractivity contribution in [3.8, 4) is 0 Å². The van der Waals surface area contributed by atoms with Gasteiger partial charge in [0.2, 0.25) is 0 Å². The molecule has 0 radical (unpaired) electrons. The molecule has 2 aliphatic rings. The summed E-state index contributed by atoms with van der Waals surface area (Å²) in [5.74, 6) is 0.963. The molecule has 0 aromatic heterocycles. The van der Waals surface area contributed by atoms with Crippen LogP contribution in [-0.2, 0) is 0 Å². The maximum absolute atomic E-state index is 12.1. The van der Waals surface area contributed by atoms with Crippen molar-refractivity contribution >= 4 is 23.2 Å². The minimum Gasteiger partial charge on any atom is -0.267 e. The van der Waals surface area contributed by atoms with Crippen molar-refractivity contribution in [1.82, 2.24) is 5.43 Å². The topological polar surface area (TPSA) is 41.5 Å². The van der Waals surface area contributed by atoms with Crippen molar-refractivity contribution in [2.24, 2.45) is 16.9 Å². The monoisotopic (exact) mass is 290 g/mol. The van der Waals surface area contributed by atoms with Gasteiger partial charge >= 0.3 is 0 Å². The standard InChI is InChI=1S/C16H19ClN2O/c17-14-10-2-1-9-13(14)16(20)19-18-15(11-5-3-6-11)12-7-4-8-12/h1-2,9-12H,3-8H2,(H,19,20). The molecule has 1 aromatic rings. The molecule has 0 spiro atoms. The Morgan fingerprint density at radius 3 is 2.20 bits per heavy atom. The fourth-order valence-corrected chi connectivity index (χ4v) is 2.97. The van der Waals surface area contributed by atoms with Gasteiger partial charge in [-0.15, -0.1) is 0 Å². The van der Waals surface area contributed by atoms with Gasteiger partial charge in [0.15, 0.2) is 0 Å². The highest BCUT2D eigenvalue weighted by molar-refractivity contribution is 6.33. The van der Waals surface area contributed by atoms with Crippen molar-refractivity contribution in [2.45, 2.75) is 38.5 Å². The maximum Gasteiger partial charge on any atom is 0.272 e. The van der Waals surface area contributed by atoms with Gasteiger partial charge in [-0.2, -0.15) is 5.10 Å². The van der Waals surface area contributed by atoms with Crippen molar-refractivity contribution in [3.05, 3.63) is 34.9 Å². The largest absolute Gasteiger partial charge is 0.272 e. The molecule has 0 saturated heterocycles. The van der Waals surface area contributed by atoms with Crippen LogP contribution >= 0.6 is 11.6 Å². The highest BCUT2D eigenvalue weighted by atomic mass is 35.5. The van der Waals surface area contributed by atoms with E-state index < -0.39 is 0 Å². The summed E-state index contributed by atoms with van der Waals surface area (Å²) in [7, 11) is 0. The molecule has 1 N–H and O–H groups in total. The summed E-state index contributed by atoms with van der Waals surface area (Å²) in [5.41, 5.74) is 4.40. The molecule has 0 unspecified atom stereocenters. The molecular weight excluding hydrogens is 272 g/mol. The number of carbonyl (C=O) groups is 1. The van der Waals surface area contributed by atoms with Crippen LogP contribution in [0.25, 0.3) is 0 Å². The van der Waals surface area contributed by atoms with Crippen LogP contribution in [0.4, 0.5) is 0 Å². The normalized spacial score (nSPS) is 18.9. The molecule has 0 atom stereocenters. The first-order valence-electron chi connectivity index (χ1n) is 7.38. The molecular formula is C16H19ClN2O. The van der Waals surface area contributed by atoms with Gasteiger partial charge in [0, 0.05) is 5.71 Å². The van der Waals surface area contributed by atoms with Crippen molar-refractivity contribution in [3.63, 3.8) is 0 Å². The summed E-state index contributed by atoms with van der Waals surface area (Å²) in [4.78, 5) is 12.1. The van der Waals surface area contributed by atoms with Gasteiger partial charge in [0.25, 0.3) is 5.91 Å². The number of hydrogen-bond donors (Lipinski definition) is 1. The quantitative estimate of drug-likeness (QED) is 0.660. The summed E-state index contributed by atoms with van der Waals surface area (Å²) in [6.45, 7) is 0. The predicted molar refractivity (Wildman–Crippen MR) is 81.0 cm³/mol. The van der Waals surface area contributed by atoms with Crippen molar-refractivity contribution in [1.29, 1.82) is 0 Å². The third kappa shape index (κ3) is 2.73. The molecule has 4 heteroatoms. The molecule has 106 valence electrons. The van der Waals surface area contributed by atoms with Gasteiger partial charge in [-0.3, -0.25) is 4.79 Å². The maximum atomic E-state index is 12.1. The van der Waals surface area contributed by atoms with Gasteiger partial charge in [0.1, 0.15) is 0 Å². The van der Waals surface area contributed by atoms with Gasteiger partial charge < -0.3 is 0 Å². The summed E-state index contributed by atoms with van der Waals surface area (Å²) in [5, 5.41) is 4.91. The first kappa shape index (κ1) is 13.6. The SMILES string of the molecule is O=C(NN=C(C1CCC1)C1CCC1)c1ccccc1Cl. The zero-order valence-electron chi connectivity index (χ0n) is 11.4. The summed E-state index contributed by atoms with van der Waals surface area (Å²) in [6.07, 6.45) is 7.45. The third-order valence-electron chi connectivity index (χ3n) is 4.45. The average Bonchev–Trinajstić information content (AvgIpc) is 2.31. The molecule has 20 heavy (non-hydrogen) atoms. The minimum atomic E-state index is -0.216. The van der Waals surface area contributed by atoms with E-state index in [0.29, 0.717) is 22.4 Å². The predicted octanol–water partition coefficient (Wildman–Crippen LogP) is 4.03. The van der Waals surface area contributed by atoms with Gasteiger partial charge in [-0.25, -0.2) is 5.43 Å². The van der Waals surface area contributed by atoms with Crippen LogP contribution in [0.5, 0.6) is 0 Å². The van der Waals surface area contributed by atoms with E-state index in [0.717, 1.165) is 0 Å². The van der Waals surface area contributed by atoms with E-state index in [1.54, 1.807) is 12.1 Å². The van der Waals surface area contributed by atoms with Gasteiger partial charge in [-0.1, -0.05) is 36.6 Å². The fraction of sp³-hybridized carbons (Fsp3) is 0.500. The number of halogens is 1. The highest BCUT2D eigenvalue weighted by Crippen LogP contribution is 2.37. The lowest BCUT2D eigenvalue weighted by Gasteiger charge is -2.35. The van der Waals surface area contributed by atoms with Crippen LogP contribution in [0.2, 0.25) is 5.02 Å². The van der Waals surface area contributed by atoms with E-state index in [1.807, 2.05) is 12.1 Å². The summed E-state index contributed by atoms with van der Waals surface area (Å²) in [6, 6.07) is 7.07. The Bertz CT molecular complexity index is 517. The smallest absolute Gasteiger partial charge is 0.267 e.